The summed E-state index contributed by atoms with van der Waals surface area (Å²) < 4.78 is 34.1. The zero-order chi connectivity index (χ0) is 79.8. The van der Waals surface area contributed by atoms with Gasteiger partial charge in [0.2, 0.25) is 28.5 Å². The lowest BCUT2D eigenvalue weighted by Crippen LogP contribution is -2.30. The number of hydrogen-bond donors (Lipinski definition) is 0. The quantitative estimate of drug-likeness (QED) is 0.110. The van der Waals surface area contributed by atoms with E-state index in [4.69, 9.17) is 30.8 Å². The highest BCUT2D eigenvalue weighted by Crippen LogP contribution is 2.49. The molecule has 4 aliphatic rings. The van der Waals surface area contributed by atoms with Crippen LogP contribution in [0.15, 0.2) is 212 Å². The Kier molecular flexibility index (Phi) is 21.5. The molecule has 0 spiro atoms. The molecule has 0 unspecified atom stereocenters. The van der Waals surface area contributed by atoms with Crippen molar-refractivity contribution >= 4 is 99.1 Å². The first kappa shape index (κ1) is 76.2. The second kappa shape index (κ2) is 32.8. The molecule has 12 heteroatoms. The molecule has 12 nitrogen and oxygen atoms in total. The van der Waals surface area contributed by atoms with E-state index < -0.39 is 0 Å². The van der Waals surface area contributed by atoms with Gasteiger partial charge in [0.15, 0.2) is 36.1 Å². The molecule has 0 amide bonds. The largest absolute Gasteiger partial charge is 0.466 e. The molecular weight excluding hydrogens is 1430 g/mol. The molecule has 8 aromatic heterocycles. The number of aromatic nitrogens is 4. The van der Waals surface area contributed by atoms with Gasteiger partial charge in [-0.15, -0.1) is 0 Å². The number of fused-ring (bicyclic) bond motifs is 12. The van der Waals surface area contributed by atoms with E-state index in [-0.39, 0.29) is 0 Å². The van der Waals surface area contributed by atoms with Crippen molar-refractivity contribution in [3.8, 4) is 57.2 Å². The van der Waals surface area contributed by atoms with Gasteiger partial charge in [0.1, 0.15) is 73.3 Å². The van der Waals surface area contributed by atoms with Crippen LogP contribution in [0.1, 0.15) is 208 Å². The number of rotatable bonds is 8. The maximum atomic E-state index is 10.1. The number of furan rings is 4. The zero-order valence-electron chi connectivity index (χ0n) is 68.1. The Hall–Kier alpha value is -12.5. The van der Waals surface area contributed by atoms with E-state index in [9.17, 15) is 10.5 Å². The molecule has 16 aromatic rings. The Bertz CT molecular complexity index is 6610. The van der Waals surface area contributed by atoms with Crippen molar-refractivity contribution in [1.29, 1.82) is 10.5 Å². The highest BCUT2D eigenvalue weighted by atomic mass is 16.3. The summed E-state index contributed by atoms with van der Waals surface area (Å²) >= 11 is 0. The average molecular weight is 1530 g/mol. The van der Waals surface area contributed by atoms with Crippen LogP contribution in [0.3, 0.4) is 0 Å². The molecule has 0 N–H and O–H groups in total. The second-order valence-corrected chi connectivity index (χ2v) is 33.2. The lowest BCUT2D eigenvalue weighted by atomic mass is 9.81. The van der Waals surface area contributed by atoms with Crippen molar-refractivity contribution in [3.05, 3.63) is 273 Å². The van der Waals surface area contributed by atoms with Gasteiger partial charge in [0.25, 0.3) is 0 Å². The number of benzene rings is 8. The van der Waals surface area contributed by atoms with Crippen LogP contribution < -0.4 is 18.3 Å². The van der Waals surface area contributed by atoms with Crippen LogP contribution in [-0.2, 0) is 28.2 Å². The molecule has 0 saturated heterocycles. The highest BCUT2D eigenvalue weighted by molar-refractivity contribution is 6.16. The van der Waals surface area contributed by atoms with Gasteiger partial charge in [-0.25, -0.2) is 28.0 Å². The smallest absolute Gasteiger partial charge is 0.229 e. The van der Waals surface area contributed by atoms with E-state index in [1.807, 2.05) is 55.7 Å². The molecule has 0 aliphatic heterocycles. The van der Waals surface area contributed by atoms with Crippen molar-refractivity contribution in [2.45, 2.75) is 180 Å². The zero-order valence-corrected chi connectivity index (χ0v) is 68.1. The van der Waals surface area contributed by atoms with Crippen molar-refractivity contribution in [3.63, 3.8) is 0 Å². The van der Waals surface area contributed by atoms with Crippen molar-refractivity contribution in [1.82, 2.24) is 0 Å². The summed E-state index contributed by atoms with van der Waals surface area (Å²) in [6.45, 7) is 23.9. The SMILES string of the molecule is Cc1cc(C#N)c2c(oc3ccc(C4CCCCC4)cc32)c1-c1cccc[n+]1C.Cc1ccc2c(oc3ccc(C4CCCCC4)c(C#N)c32)c1-c1cccc[n+]1C.[C-]#[N+]c1cc(C2CCCCC2)cc2c1oc1c(-c3cccc[n+]3C)c(C)ccc12.[C-]#[N+]c1cc2oc3c(-c4cccc[n+]4C)c(C)ccc3c2cc1C1CCCCC1. The molecule has 8 aromatic carbocycles. The Morgan fingerprint density at radius 1 is 0.328 bits per heavy atom. The van der Waals surface area contributed by atoms with Crippen molar-refractivity contribution < 1.29 is 35.9 Å². The summed E-state index contributed by atoms with van der Waals surface area (Å²) in [7, 11) is 8.22. The Balaban J connectivity index is 0.000000111. The van der Waals surface area contributed by atoms with Crippen molar-refractivity contribution in [2.24, 2.45) is 28.2 Å². The molecule has 8 heterocycles. The first-order valence-corrected chi connectivity index (χ1v) is 42.0. The van der Waals surface area contributed by atoms with Gasteiger partial charge in [-0.1, -0.05) is 137 Å². The molecule has 576 valence electrons. The molecule has 0 radical (unpaired) electrons. The monoisotopic (exact) mass is 1520 g/mol. The number of hydrogen-bond acceptors (Lipinski definition) is 6. The maximum Gasteiger partial charge on any atom is 0.229 e. The van der Waals surface area contributed by atoms with E-state index in [2.05, 4.69) is 235 Å². The second-order valence-electron chi connectivity index (χ2n) is 33.2. The normalized spacial score (nSPS) is 15.1. The van der Waals surface area contributed by atoms with E-state index in [1.54, 1.807) is 0 Å². The Labute approximate surface area is 679 Å². The fraction of sp³-hybridized carbons (Fsp3) is 0.308. The summed E-state index contributed by atoms with van der Waals surface area (Å²) in [5.41, 5.74) is 28.1. The van der Waals surface area contributed by atoms with Gasteiger partial charge in [0, 0.05) is 91.6 Å². The molecule has 4 fully saturated rings. The lowest BCUT2D eigenvalue weighted by molar-refractivity contribution is -0.660. The van der Waals surface area contributed by atoms with E-state index in [1.165, 1.54) is 167 Å². The minimum atomic E-state index is 0.490. The summed E-state index contributed by atoms with van der Waals surface area (Å²) in [6, 6.07) is 64.1. The molecule has 116 heavy (non-hydrogen) atoms. The van der Waals surface area contributed by atoms with Crippen molar-refractivity contribution in [2.75, 3.05) is 0 Å². The van der Waals surface area contributed by atoms with E-state index in [0.29, 0.717) is 34.9 Å². The maximum absolute atomic E-state index is 10.1. The average Bonchev–Trinajstić information content (AvgIpc) is 1.60. The van der Waals surface area contributed by atoms with Crippen LogP contribution in [0.25, 0.3) is 142 Å². The first-order valence-electron chi connectivity index (χ1n) is 42.0. The summed E-state index contributed by atoms with van der Waals surface area (Å²) in [5, 5.41) is 28.5. The fourth-order valence-electron chi connectivity index (χ4n) is 19.8. The van der Waals surface area contributed by atoms with Gasteiger partial charge in [0.05, 0.1) is 52.6 Å². The van der Waals surface area contributed by atoms with Crippen LogP contribution in [0.5, 0.6) is 0 Å². The third-order valence-electron chi connectivity index (χ3n) is 25.9. The van der Waals surface area contributed by atoms with Gasteiger partial charge >= 0.3 is 0 Å². The third-order valence-corrected chi connectivity index (χ3v) is 25.9. The first-order chi connectivity index (χ1) is 56.7. The lowest BCUT2D eigenvalue weighted by Gasteiger charge is -2.23. The predicted molar refractivity (Wildman–Crippen MR) is 466 cm³/mol. The Morgan fingerprint density at radius 2 is 0.759 bits per heavy atom. The Morgan fingerprint density at radius 3 is 1.26 bits per heavy atom. The van der Waals surface area contributed by atoms with Gasteiger partial charge < -0.3 is 17.7 Å². The van der Waals surface area contributed by atoms with Crippen LogP contribution in [0.4, 0.5) is 11.4 Å². The summed E-state index contributed by atoms with van der Waals surface area (Å²) in [6.07, 6.45) is 33.5. The van der Waals surface area contributed by atoms with Crippen LogP contribution in [0.2, 0.25) is 0 Å². The van der Waals surface area contributed by atoms with Gasteiger partial charge in [-0.2, -0.15) is 10.5 Å². The third kappa shape index (κ3) is 14.2. The van der Waals surface area contributed by atoms with Crippen LogP contribution in [-0.4, -0.2) is 0 Å². The highest BCUT2D eigenvalue weighted by Gasteiger charge is 2.31. The van der Waals surface area contributed by atoms with E-state index in [0.717, 1.165) is 150 Å². The molecule has 0 bridgehead atoms. The minimum absolute atomic E-state index is 0.490. The number of nitrogens with zero attached hydrogens (tertiary/aromatic N) is 8. The molecular formula is C104H100N8O4+4. The van der Waals surface area contributed by atoms with E-state index >= 15 is 0 Å². The molecule has 20 rings (SSSR count). The number of nitriles is 2. The summed E-state index contributed by atoms with van der Waals surface area (Å²) in [5.74, 6) is 2.18. The fourth-order valence-corrected chi connectivity index (χ4v) is 19.8. The van der Waals surface area contributed by atoms with Gasteiger partial charge in [-0.3, -0.25) is 0 Å². The predicted octanol–water partition coefficient (Wildman–Crippen LogP) is 26.6. The molecule has 0 atom stereocenters. The van der Waals surface area contributed by atoms with Crippen LogP contribution >= 0.6 is 0 Å². The van der Waals surface area contributed by atoms with Crippen LogP contribution in [0, 0.1) is 63.5 Å². The minimum Gasteiger partial charge on any atom is -0.466 e. The topological polar surface area (TPSA) is 124 Å². The molecule has 4 saturated carbocycles. The number of aryl methyl sites for hydroxylation is 8. The molecule has 4 aliphatic carbocycles. The summed E-state index contributed by atoms with van der Waals surface area (Å²) in [4.78, 5) is 7.71. The number of pyridine rings is 4. The standard InChI is InChI=1S/4C26H25N2O/c1-17-12-13-20-21-15-19(18-9-5-4-6-10-18)16-22(27-2)25(21)29-26(20)24(17)23-11-7-8-14-28(23)3;1-17-12-13-19-21-15-20(18-9-5-4-6-10-18)22(27-2)16-24(21)29-26(19)25(17)23-11-7-8-14-28(23)3;1-17-11-12-20-25-21(16-27)19(18-8-4-3-5-9-18)13-14-23(25)29-26(20)24(17)22-10-6-7-15-28(22)2;1-17-14-20(16-27)25-21-15-19(18-8-4-3-5-9-18)11-12-23(21)29-26(25)24(17)22-10-6-7-13-28(22)2/h2*7-8,11-16,18H,4-6,9-10H2,1,3H3;2*6-7,10-15,18H,3-5,8-9H2,1-2H3/q4*+1. The van der Waals surface area contributed by atoms with Gasteiger partial charge in [-0.05, 0) is 208 Å².